The molecule has 0 bridgehead atoms. The molecule has 1 aliphatic heterocycles. The van der Waals surface area contributed by atoms with E-state index < -0.39 is 0 Å². The molecule has 2 aromatic carbocycles. The lowest BCUT2D eigenvalue weighted by Crippen LogP contribution is -2.17. The van der Waals surface area contributed by atoms with Gasteiger partial charge in [-0.25, -0.2) is 4.79 Å². The van der Waals surface area contributed by atoms with Crippen LogP contribution >= 0.6 is 0 Å². The highest BCUT2D eigenvalue weighted by atomic mass is 16.7. The van der Waals surface area contributed by atoms with E-state index in [9.17, 15) is 4.79 Å². The minimum Gasteiger partial charge on any atom is -0.465 e. The molecule has 0 saturated carbocycles. The summed E-state index contributed by atoms with van der Waals surface area (Å²) in [5.41, 5.74) is 2.79. The third kappa shape index (κ3) is 3.63. The number of esters is 1. The van der Waals surface area contributed by atoms with Gasteiger partial charge in [-0.05, 0) is 42.4 Å². The maximum atomic E-state index is 11.6. The lowest BCUT2D eigenvalue weighted by atomic mass is 10.1. The quantitative estimate of drug-likeness (QED) is 0.794. The van der Waals surface area contributed by atoms with Gasteiger partial charge in [0, 0.05) is 13.1 Å². The van der Waals surface area contributed by atoms with Gasteiger partial charge >= 0.3 is 5.97 Å². The summed E-state index contributed by atoms with van der Waals surface area (Å²) in [7, 11) is 3.43. The minimum absolute atomic E-state index is 0.287. The van der Waals surface area contributed by atoms with E-state index in [1.807, 2.05) is 43.4 Å². The summed E-state index contributed by atoms with van der Waals surface area (Å²) in [5.74, 6) is 1.27. The highest BCUT2D eigenvalue weighted by molar-refractivity contribution is 5.89. The zero-order chi connectivity index (χ0) is 16.2. The van der Waals surface area contributed by atoms with Crippen LogP contribution in [0.1, 0.15) is 21.5 Å². The first-order valence-corrected chi connectivity index (χ1v) is 7.40. The normalized spacial score (nSPS) is 12.5. The second kappa shape index (κ2) is 6.71. The molecule has 0 radical (unpaired) electrons. The SMILES string of the molecule is COC(=O)c1cccc(CN(C)Cc2ccc3c(c2)OCO3)c1. The fourth-order valence-electron chi connectivity index (χ4n) is 2.63. The van der Waals surface area contributed by atoms with Gasteiger partial charge < -0.3 is 14.2 Å². The van der Waals surface area contributed by atoms with Crippen LogP contribution < -0.4 is 9.47 Å². The molecule has 0 saturated heterocycles. The van der Waals surface area contributed by atoms with Crippen LogP contribution in [-0.4, -0.2) is 31.8 Å². The Morgan fingerprint density at radius 2 is 1.83 bits per heavy atom. The van der Waals surface area contributed by atoms with Crippen LogP contribution in [0.15, 0.2) is 42.5 Å². The van der Waals surface area contributed by atoms with Gasteiger partial charge in [0.25, 0.3) is 0 Å². The maximum Gasteiger partial charge on any atom is 0.337 e. The molecule has 0 aliphatic carbocycles. The molecule has 5 heteroatoms. The smallest absolute Gasteiger partial charge is 0.337 e. The largest absolute Gasteiger partial charge is 0.465 e. The van der Waals surface area contributed by atoms with E-state index in [1.165, 1.54) is 7.11 Å². The molecule has 23 heavy (non-hydrogen) atoms. The molecular formula is C18H19NO4. The van der Waals surface area contributed by atoms with Crippen molar-refractivity contribution in [1.29, 1.82) is 0 Å². The fourth-order valence-corrected chi connectivity index (χ4v) is 2.63. The van der Waals surface area contributed by atoms with Gasteiger partial charge in [0.2, 0.25) is 6.79 Å². The van der Waals surface area contributed by atoms with E-state index in [0.29, 0.717) is 5.56 Å². The molecule has 1 heterocycles. The lowest BCUT2D eigenvalue weighted by Gasteiger charge is -2.17. The average Bonchev–Trinajstić information content (AvgIpc) is 3.02. The number of rotatable bonds is 5. The van der Waals surface area contributed by atoms with Gasteiger partial charge in [-0.15, -0.1) is 0 Å². The van der Waals surface area contributed by atoms with Gasteiger partial charge in [-0.3, -0.25) is 4.90 Å². The van der Waals surface area contributed by atoms with Crippen LogP contribution in [0.3, 0.4) is 0 Å². The number of hydrogen-bond acceptors (Lipinski definition) is 5. The molecule has 0 spiro atoms. The van der Waals surface area contributed by atoms with Crippen LogP contribution in [0.4, 0.5) is 0 Å². The first-order chi connectivity index (χ1) is 11.2. The Bertz CT molecular complexity index is 714. The maximum absolute atomic E-state index is 11.6. The molecule has 0 aromatic heterocycles. The molecule has 0 atom stereocenters. The summed E-state index contributed by atoms with van der Waals surface area (Å²) in [6.07, 6.45) is 0. The summed E-state index contributed by atoms with van der Waals surface area (Å²) in [6.45, 7) is 1.80. The Kier molecular flexibility index (Phi) is 4.48. The lowest BCUT2D eigenvalue weighted by molar-refractivity contribution is 0.0600. The summed E-state index contributed by atoms with van der Waals surface area (Å²) < 4.78 is 15.5. The van der Waals surface area contributed by atoms with Gasteiger partial charge in [-0.1, -0.05) is 18.2 Å². The molecular weight excluding hydrogens is 294 g/mol. The van der Waals surface area contributed by atoms with Crippen molar-refractivity contribution in [2.45, 2.75) is 13.1 Å². The fraction of sp³-hybridized carbons (Fsp3) is 0.278. The van der Waals surface area contributed by atoms with Crippen LogP contribution in [-0.2, 0) is 17.8 Å². The number of nitrogens with zero attached hydrogens (tertiary/aromatic N) is 1. The zero-order valence-corrected chi connectivity index (χ0v) is 13.2. The third-order valence-electron chi connectivity index (χ3n) is 3.69. The Morgan fingerprint density at radius 3 is 2.61 bits per heavy atom. The van der Waals surface area contributed by atoms with E-state index in [4.69, 9.17) is 14.2 Å². The van der Waals surface area contributed by atoms with Crippen molar-refractivity contribution in [2.24, 2.45) is 0 Å². The predicted molar refractivity (Wildman–Crippen MR) is 85.5 cm³/mol. The number of fused-ring (bicyclic) bond motifs is 1. The topological polar surface area (TPSA) is 48.0 Å². The molecule has 120 valence electrons. The van der Waals surface area contributed by atoms with Crippen LogP contribution in [0.25, 0.3) is 0 Å². The first kappa shape index (κ1) is 15.4. The zero-order valence-electron chi connectivity index (χ0n) is 13.2. The van der Waals surface area contributed by atoms with Gasteiger partial charge in [0.1, 0.15) is 0 Å². The van der Waals surface area contributed by atoms with Crippen molar-refractivity contribution in [3.63, 3.8) is 0 Å². The average molecular weight is 313 g/mol. The highest BCUT2D eigenvalue weighted by Crippen LogP contribution is 2.32. The van der Waals surface area contributed by atoms with E-state index in [2.05, 4.69) is 4.90 Å². The molecule has 1 aliphatic rings. The molecule has 0 fully saturated rings. The highest BCUT2D eigenvalue weighted by Gasteiger charge is 2.14. The third-order valence-corrected chi connectivity index (χ3v) is 3.69. The predicted octanol–water partition coefficient (Wildman–Crippen LogP) is 2.83. The van der Waals surface area contributed by atoms with Crippen LogP contribution in [0.2, 0.25) is 0 Å². The second-order valence-corrected chi connectivity index (χ2v) is 5.55. The Labute approximate surface area is 135 Å². The number of methoxy groups -OCH3 is 1. The molecule has 0 unspecified atom stereocenters. The first-order valence-electron chi connectivity index (χ1n) is 7.40. The van der Waals surface area contributed by atoms with Crippen molar-refractivity contribution in [3.8, 4) is 11.5 Å². The number of carbonyl (C=O) groups is 1. The van der Waals surface area contributed by atoms with E-state index in [-0.39, 0.29) is 12.8 Å². The Morgan fingerprint density at radius 1 is 1.09 bits per heavy atom. The van der Waals surface area contributed by atoms with Crippen molar-refractivity contribution >= 4 is 5.97 Å². The summed E-state index contributed by atoms with van der Waals surface area (Å²) in [5, 5.41) is 0. The van der Waals surface area contributed by atoms with Gasteiger partial charge in [0.15, 0.2) is 11.5 Å². The molecule has 3 rings (SSSR count). The standard InChI is InChI=1S/C18H19NO4/c1-19(10-13-4-3-5-15(8-13)18(20)21-2)11-14-6-7-16-17(9-14)23-12-22-16/h3-9H,10-12H2,1-2H3. The molecule has 5 nitrogen and oxygen atoms in total. The monoisotopic (exact) mass is 313 g/mol. The summed E-state index contributed by atoms with van der Waals surface area (Å²) in [6, 6.07) is 13.5. The molecule has 0 N–H and O–H groups in total. The van der Waals surface area contributed by atoms with E-state index in [0.717, 1.165) is 35.7 Å². The van der Waals surface area contributed by atoms with E-state index >= 15 is 0 Å². The van der Waals surface area contributed by atoms with Crippen molar-refractivity contribution in [2.75, 3.05) is 21.0 Å². The van der Waals surface area contributed by atoms with E-state index in [1.54, 1.807) is 6.07 Å². The van der Waals surface area contributed by atoms with Crippen molar-refractivity contribution in [1.82, 2.24) is 4.90 Å². The Balaban J connectivity index is 1.65. The summed E-state index contributed by atoms with van der Waals surface area (Å²) in [4.78, 5) is 13.8. The Hall–Kier alpha value is -2.53. The minimum atomic E-state index is -0.315. The number of benzene rings is 2. The number of carbonyl (C=O) groups excluding carboxylic acids is 1. The van der Waals surface area contributed by atoms with Gasteiger partial charge in [-0.2, -0.15) is 0 Å². The number of hydrogen-bond donors (Lipinski definition) is 0. The number of ether oxygens (including phenoxy) is 3. The van der Waals surface area contributed by atoms with Crippen molar-refractivity contribution < 1.29 is 19.0 Å². The summed E-state index contributed by atoms with van der Waals surface area (Å²) >= 11 is 0. The molecule has 0 amide bonds. The second-order valence-electron chi connectivity index (χ2n) is 5.55. The van der Waals surface area contributed by atoms with Crippen LogP contribution in [0.5, 0.6) is 11.5 Å². The van der Waals surface area contributed by atoms with Gasteiger partial charge in [0.05, 0.1) is 12.7 Å². The van der Waals surface area contributed by atoms with Crippen molar-refractivity contribution in [3.05, 3.63) is 59.2 Å². The van der Waals surface area contributed by atoms with Crippen LogP contribution in [0, 0.1) is 0 Å². The molecule has 2 aromatic rings.